The van der Waals surface area contributed by atoms with Crippen molar-refractivity contribution in [3.63, 3.8) is 0 Å². The van der Waals surface area contributed by atoms with Gasteiger partial charge in [-0.2, -0.15) is 0 Å². The number of nitrogens with zero attached hydrogens (tertiary/aromatic N) is 2. The highest BCUT2D eigenvalue weighted by Gasteiger charge is 2.24. The molecule has 2 aliphatic rings. The SMILES string of the molecule is CC[C@@H](Sc1nc2cc3c(cc2c(=O)n1CCCC(=O)NCc1ccc2c(c1)OCO2)OCO3)C(=O)NCCCOC. The van der Waals surface area contributed by atoms with Gasteiger partial charge >= 0.3 is 0 Å². The molecule has 12 nitrogen and oxygen atoms in total. The van der Waals surface area contributed by atoms with Crippen LogP contribution in [0.1, 0.15) is 38.2 Å². The van der Waals surface area contributed by atoms with E-state index < -0.39 is 5.25 Å². The summed E-state index contributed by atoms with van der Waals surface area (Å²) in [5.74, 6) is 2.07. The van der Waals surface area contributed by atoms with Crippen LogP contribution in [0.15, 0.2) is 40.3 Å². The molecule has 5 rings (SSSR count). The van der Waals surface area contributed by atoms with Crippen LogP contribution in [0, 0.1) is 0 Å². The summed E-state index contributed by atoms with van der Waals surface area (Å²) in [6.07, 6.45) is 1.85. The number of nitrogens with one attached hydrogen (secondary N) is 2. The summed E-state index contributed by atoms with van der Waals surface area (Å²) in [5.41, 5.74) is 1.09. The maximum atomic E-state index is 13.7. The van der Waals surface area contributed by atoms with Gasteiger partial charge in [0.1, 0.15) is 0 Å². The Kier molecular flexibility index (Phi) is 9.70. The second-order valence-electron chi connectivity index (χ2n) is 9.79. The van der Waals surface area contributed by atoms with E-state index >= 15 is 0 Å². The number of benzene rings is 2. The lowest BCUT2D eigenvalue weighted by molar-refractivity contribution is -0.121. The van der Waals surface area contributed by atoms with Crippen molar-refractivity contribution in [2.75, 3.05) is 33.8 Å². The van der Waals surface area contributed by atoms with Gasteiger partial charge in [0.05, 0.1) is 16.2 Å². The van der Waals surface area contributed by atoms with Crippen LogP contribution in [-0.4, -0.2) is 60.5 Å². The summed E-state index contributed by atoms with van der Waals surface area (Å²) in [6.45, 7) is 3.82. The smallest absolute Gasteiger partial charge is 0.262 e. The van der Waals surface area contributed by atoms with E-state index in [2.05, 4.69) is 10.6 Å². The van der Waals surface area contributed by atoms with Gasteiger partial charge in [0.15, 0.2) is 28.2 Å². The zero-order valence-corrected chi connectivity index (χ0v) is 24.4. The van der Waals surface area contributed by atoms with Crippen molar-refractivity contribution in [2.24, 2.45) is 0 Å². The predicted octanol–water partition coefficient (Wildman–Crippen LogP) is 2.97. The molecule has 0 saturated heterocycles. The summed E-state index contributed by atoms with van der Waals surface area (Å²) in [4.78, 5) is 44.0. The number of hydrogen-bond acceptors (Lipinski definition) is 10. The van der Waals surface area contributed by atoms with Crippen molar-refractivity contribution in [3.05, 3.63) is 46.2 Å². The quantitative estimate of drug-likeness (QED) is 0.162. The van der Waals surface area contributed by atoms with E-state index in [1.807, 2.05) is 25.1 Å². The molecule has 0 radical (unpaired) electrons. The van der Waals surface area contributed by atoms with Gasteiger partial charge < -0.3 is 34.3 Å². The molecule has 2 aromatic carbocycles. The Morgan fingerprint density at radius 1 is 1.02 bits per heavy atom. The van der Waals surface area contributed by atoms with Gasteiger partial charge in [-0.05, 0) is 43.0 Å². The molecule has 0 unspecified atom stereocenters. The normalized spacial score (nSPS) is 13.8. The zero-order valence-electron chi connectivity index (χ0n) is 23.6. The first-order chi connectivity index (χ1) is 20.5. The molecule has 0 spiro atoms. The lowest BCUT2D eigenvalue weighted by Gasteiger charge is -2.18. The highest BCUT2D eigenvalue weighted by Crippen LogP contribution is 2.36. The number of ether oxygens (including phenoxy) is 5. The van der Waals surface area contributed by atoms with Gasteiger partial charge in [0.25, 0.3) is 5.56 Å². The number of carbonyl (C=O) groups is 2. The Balaban J connectivity index is 1.28. The number of fused-ring (bicyclic) bond motifs is 3. The van der Waals surface area contributed by atoms with Crippen LogP contribution in [0.5, 0.6) is 23.0 Å². The van der Waals surface area contributed by atoms with E-state index in [1.54, 1.807) is 23.8 Å². The maximum Gasteiger partial charge on any atom is 0.262 e. The molecule has 1 atom stereocenters. The van der Waals surface area contributed by atoms with E-state index in [0.717, 1.165) is 5.56 Å². The topological polar surface area (TPSA) is 139 Å². The largest absolute Gasteiger partial charge is 0.454 e. The molecule has 0 aliphatic carbocycles. The number of carbonyl (C=O) groups excluding carboxylic acids is 2. The van der Waals surface area contributed by atoms with Crippen LogP contribution in [0.2, 0.25) is 0 Å². The summed E-state index contributed by atoms with van der Waals surface area (Å²) < 4.78 is 28.3. The first-order valence-corrected chi connectivity index (χ1v) is 14.8. The number of amides is 2. The summed E-state index contributed by atoms with van der Waals surface area (Å²) in [5, 5.41) is 6.18. The summed E-state index contributed by atoms with van der Waals surface area (Å²) >= 11 is 1.24. The Morgan fingerprint density at radius 2 is 1.76 bits per heavy atom. The third-order valence-corrected chi connectivity index (χ3v) is 8.22. The third kappa shape index (κ3) is 6.90. The first kappa shape index (κ1) is 29.5. The van der Waals surface area contributed by atoms with Crippen LogP contribution >= 0.6 is 11.8 Å². The molecule has 224 valence electrons. The molecular weight excluding hydrogens is 564 g/mol. The minimum atomic E-state index is -0.456. The lowest BCUT2D eigenvalue weighted by Crippen LogP contribution is -2.34. The van der Waals surface area contributed by atoms with E-state index in [4.69, 9.17) is 28.7 Å². The molecule has 3 aromatic rings. The second-order valence-corrected chi connectivity index (χ2v) is 11.0. The lowest BCUT2D eigenvalue weighted by atomic mass is 10.2. The van der Waals surface area contributed by atoms with Crippen molar-refractivity contribution < 1.29 is 33.3 Å². The Labute approximate surface area is 247 Å². The van der Waals surface area contributed by atoms with E-state index in [0.29, 0.717) is 78.0 Å². The minimum absolute atomic E-state index is 0.0734. The molecule has 0 saturated carbocycles. The Hall–Kier alpha value is -3.97. The van der Waals surface area contributed by atoms with Gasteiger partial charge in [-0.25, -0.2) is 4.98 Å². The highest BCUT2D eigenvalue weighted by atomic mass is 32.2. The number of methoxy groups -OCH3 is 1. The van der Waals surface area contributed by atoms with Gasteiger partial charge in [0.2, 0.25) is 25.4 Å². The van der Waals surface area contributed by atoms with Crippen LogP contribution < -0.4 is 35.1 Å². The number of rotatable bonds is 14. The third-order valence-electron chi connectivity index (χ3n) is 6.86. The molecule has 13 heteroatoms. The van der Waals surface area contributed by atoms with Crippen molar-refractivity contribution in [3.8, 4) is 23.0 Å². The number of aromatic nitrogens is 2. The minimum Gasteiger partial charge on any atom is -0.454 e. The highest BCUT2D eigenvalue weighted by molar-refractivity contribution is 8.00. The van der Waals surface area contributed by atoms with Crippen LogP contribution in [0.4, 0.5) is 0 Å². The molecule has 2 N–H and O–H groups in total. The molecule has 1 aromatic heterocycles. The number of hydrogen-bond donors (Lipinski definition) is 2. The van der Waals surface area contributed by atoms with Crippen molar-refractivity contribution in [1.29, 1.82) is 0 Å². The standard InChI is InChI=1S/C29H34N4O8S/c1-3-25(27(35)30-9-5-11-37-2)42-29-32-20-14-24-23(40-17-41-24)13-19(20)28(36)33(29)10-4-6-26(34)31-15-18-7-8-21-22(12-18)39-16-38-21/h7-8,12-14,25H,3-6,9-11,15-17H2,1-2H3,(H,30,35)(H,31,34)/t25-/m1/s1. The van der Waals surface area contributed by atoms with Gasteiger partial charge in [0, 0.05) is 45.8 Å². The predicted molar refractivity (Wildman–Crippen MR) is 155 cm³/mol. The van der Waals surface area contributed by atoms with E-state index in [1.165, 1.54) is 11.8 Å². The average Bonchev–Trinajstić information content (AvgIpc) is 3.66. The molecule has 42 heavy (non-hydrogen) atoms. The van der Waals surface area contributed by atoms with Crippen LogP contribution in [0.3, 0.4) is 0 Å². The number of thioether (sulfide) groups is 1. The average molecular weight is 599 g/mol. The Bertz CT molecular complexity index is 1510. The maximum absolute atomic E-state index is 13.7. The fourth-order valence-corrected chi connectivity index (χ4v) is 5.67. The monoisotopic (exact) mass is 598 g/mol. The fourth-order valence-electron chi connectivity index (χ4n) is 4.61. The second kappa shape index (κ2) is 13.8. The van der Waals surface area contributed by atoms with Gasteiger partial charge in [-0.3, -0.25) is 19.0 Å². The fraction of sp³-hybridized carbons (Fsp3) is 0.448. The molecule has 0 bridgehead atoms. The van der Waals surface area contributed by atoms with E-state index in [-0.39, 0.29) is 43.9 Å². The molecule has 0 fully saturated rings. The van der Waals surface area contributed by atoms with E-state index in [9.17, 15) is 14.4 Å². The van der Waals surface area contributed by atoms with Crippen LogP contribution in [-0.2, 0) is 27.4 Å². The van der Waals surface area contributed by atoms with Crippen molar-refractivity contribution in [1.82, 2.24) is 20.2 Å². The Morgan fingerprint density at radius 3 is 2.52 bits per heavy atom. The first-order valence-electron chi connectivity index (χ1n) is 13.9. The van der Waals surface area contributed by atoms with Crippen LogP contribution in [0.25, 0.3) is 10.9 Å². The summed E-state index contributed by atoms with van der Waals surface area (Å²) in [6, 6.07) is 8.85. The zero-order chi connectivity index (χ0) is 29.5. The molecule has 3 heterocycles. The van der Waals surface area contributed by atoms with Gasteiger partial charge in [-0.15, -0.1) is 0 Å². The molecular formula is C29H34N4O8S. The van der Waals surface area contributed by atoms with Gasteiger partial charge in [-0.1, -0.05) is 24.8 Å². The molecule has 2 amide bonds. The molecule has 2 aliphatic heterocycles. The summed E-state index contributed by atoms with van der Waals surface area (Å²) in [7, 11) is 1.62. The van der Waals surface area contributed by atoms with Crippen molar-refractivity contribution >= 4 is 34.5 Å². The van der Waals surface area contributed by atoms with Crippen molar-refractivity contribution in [2.45, 2.75) is 56.1 Å².